The minimum atomic E-state index is -0.0496. The number of anilines is 1. The first-order valence-electron chi connectivity index (χ1n) is 7.75. The first-order valence-corrected chi connectivity index (χ1v) is 7.75. The summed E-state index contributed by atoms with van der Waals surface area (Å²) in [4.78, 5) is 16.4. The minimum Gasteiger partial charge on any atom is -0.466 e. The fourth-order valence-electron chi connectivity index (χ4n) is 2.84. The van der Waals surface area contributed by atoms with E-state index in [0.29, 0.717) is 6.61 Å². The predicted molar refractivity (Wildman–Crippen MR) is 85.4 cm³/mol. The molecule has 1 aliphatic rings. The topological polar surface area (TPSA) is 32.8 Å². The largest absolute Gasteiger partial charge is 0.466 e. The van der Waals surface area contributed by atoms with E-state index in [1.165, 1.54) is 11.3 Å². The number of hydrogen-bond acceptors (Lipinski definition) is 4. The molecule has 0 bridgehead atoms. The molecule has 0 aromatic heterocycles. The predicted octanol–water partition coefficient (Wildman–Crippen LogP) is 2.53. The Morgan fingerprint density at radius 2 is 2.05 bits per heavy atom. The van der Waals surface area contributed by atoms with Gasteiger partial charge in [-0.15, -0.1) is 0 Å². The van der Waals surface area contributed by atoms with Gasteiger partial charge in [-0.1, -0.05) is 12.1 Å². The molecule has 0 spiro atoms. The Morgan fingerprint density at radius 3 is 2.67 bits per heavy atom. The summed E-state index contributed by atoms with van der Waals surface area (Å²) in [5.74, 6) is -0.0356. The Balaban J connectivity index is 1.99. The summed E-state index contributed by atoms with van der Waals surface area (Å²) in [5.41, 5.74) is 2.51. The van der Waals surface area contributed by atoms with Crippen molar-refractivity contribution in [3.8, 4) is 0 Å². The van der Waals surface area contributed by atoms with Gasteiger partial charge in [0.2, 0.25) is 0 Å². The van der Waals surface area contributed by atoms with Crippen LogP contribution in [0, 0.1) is 5.92 Å². The summed E-state index contributed by atoms with van der Waals surface area (Å²) in [7, 11) is 4.14. The van der Waals surface area contributed by atoms with Crippen molar-refractivity contribution in [1.82, 2.24) is 4.90 Å². The smallest absolute Gasteiger partial charge is 0.310 e. The molecule has 1 aromatic carbocycles. The highest BCUT2D eigenvalue weighted by Crippen LogP contribution is 2.24. The average molecular weight is 290 g/mol. The number of hydrogen-bond donors (Lipinski definition) is 0. The van der Waals surface area contributed by atoms with Crippen LogP contribution in [0.3, 0.4) is 0 Å². The van der Waals surface area contributed by atoms with Crippen LogP contribution in [-0.4, -0.2) is 44.7 Å². The maximum absolute atomic E-state index is 11.9. The van der Waals surface area contributed by atoms with Gasteiger partial charge in [-0.05, 0) is 51.6 Å². The van der Waals surface area contributed by atoms with Crippen molar-refractivity contribution in [1.29, 1.82) is 0 Å². The van der Waals surface area contributed by atoms with Crippen LogP contribution in [0.1, 0.15) is 25.3 Å². The maximum Gasteiger partial charge on any atom is 0.310 e. The van der Waals surface area contributed by atoms with E-state index in [1.54, 1.807) is 0 Å². The van der Waals surface area contributed by atoms with Gasteiger partial charge in [0.05, 0.1) is 12.5 Å². The van der Waals surface area contributed by atoms with Crippen LogP contribution in [0.4, 0.5) is 5.69 Å². The Morgan fingerprint density at radius 1 is 1.33 bits per heavy atom. The summed E-state index contributed by atoms with van der Waals surface area (Å²) in [6.45, 7) is 5.07. The van der Waals surface area contributed by atoms with Gasteiger partial charge in [-0.25, -0.2) is 0 Å². The van der Waals surface area contributed by atoms with Crippen molar-refractivity contribution in [2.45, 2.75) is 26.3 Å². The van der Waals surface area contributed by atoms with Gasteiger partial charge in [-0.3, -0.25) is 4.79 Å². The van der Waals surface area contributed by atoms with E-state index in [1.807, 2.05) is 6.92 Å². The van der Waals surface area contributed by atoms with Crippen molar-refractivity contribution in [3.05, 3.63) is 29.8 Å². The molecular formula is C17H26N2O2. The van der Waals surface area contributed by atoms with E-state index >= 15 is 0 Å². The fraction of sp³-hybridized carbons (Fsp3) is 0.588. The zero-order chi connectivity index (χ0) is 15.2. The van der Waals surface area contributed by atoms with E-state index in [-0.39, 0.29) is 11.9 Å². The molecule has 0 amide bonds. The lowest BCUT2D eigenvalue weighted by Gasteiger charge is -2.33. The number of ether oxygens (including phenoxy) is 1. The fourth-order valence-corrected chi connectivity index (χ4v) is 2.84. The molecular weight excluding hydrogens is 264 g/mol. The highest BCUT2D eigenvalue weighted by Gasteiger charge is 2.26. The van der Waals surface area contributed by atoms with Gasteiger partial charge < -0.3 is 14.5 Å². The molecule has 0 radical (unpaired) electrons. The monoisotopic (exact) mass is 290 g/mol. The number of benzene rings is 1. The Labute approximate surface area is 127 Å². The number of esters is 1. The molecule has 116 valence electrons. The lowest BCUT2D eigenvalue weighted by Crippen LogP contribution is -2.39. The maximum atomic E-state index is 11.9. The SMILES string of the molecule is CCOC(=O)C1CCCN(c2ccc(CN(C)C)cc2)C1. The lowest BCUT2D eigenvalue weighted by atomic mass is 9.97. The number of carbonyl (C=O) groups excluding carboxylic acids is 1. The van der Waals surface area contributed by atoms with Gasteiger partial charge in [0.25, 0.3) is 0 Å². The van der Waals surface area contributed by atoms with E-state index in [4.69, 9.17) is 4.74 Å². The number of rotatable bonds is 5. The second-order valence-electron chi connectivity index (χ2n) is 5.94. The van der Waals surface area contributed by atoms with E-state index in [2.05, 4.69) is 48.2 Å². The number of piperidine rings is 1. The van der Waals surface area contributed by atoms with E-state index in [0.717, 1.165) is 32.5 Å². The molecule has 21 heavy (non-hydrogen) atoms. The van der Waals surface area contributed by atoms with Crippen molar-refractivity contribution in [3.63, 3.8) is 0 Å². The van der Waals surface area contributed by atoms with Gasteiger partial charge >= 0.3 is 5.97 Å². The third-order valence-corrected chi connectivity index (χ3v) is 3.84. The van der Waals surface area contributed by atoms with Gasteiger partial charge in [-0.2, -0.15) is 0 Å². The van der Waals surface area contributed by atoms with E-state index in [9.17, 15) is 4.79 Å². The summed E-state index contributed by atoms with van der Waals surface area (Å²) in [6.07, 6.45) is 1.98. The summed E-state index contributed by atoms with van der Waals surface area (Å²) in [6, 6.07) is 8.66. The van der Waals surface area contributed by atoms with Gasteiger partial charge in [0.1, 0.15) is 0 Å². The van der Waals surface area contributed by atoms with Crippen LogP contribution in [0.5, 0.6) is 0 Å². The Bertz CT molecular complexity index is 456. The van der Waals surface area contributed by atoms with Crippen molar-refractivity contribution >= 4 is 11.7 Å². The minimum absolute atomic E-state index is 0.0140. The molecule has 1 aromatic rings. The zero-order valence-corrected chi connectivity index (χ0v) is 13.3. The van der Waals surface area contributed by atoms with Crippen LogP contribution in [-0.2, 0) is 16.1 Å². The second-order valence-corrected chi connectivity index (χ2v) is 5.94. The normalized spacial score (nSPS) is 18.9. The Kier molecular flexibility index (Phi) is 5.62. The van der Waals surface area contributed by atoms with Crippen molar-refractivity contribution < 1.29 is 9.53 Å². The summed E-state index contributed by atoms with van der Waals surface area (Å²) < 4.78 is 5.16. The molecule has 1 aliphatic heterocycles. The zero-order valence-electron chi connectivity index (χ0n) is 13.3. The van der Waals surface area contributed by atoms with Gasteiger partial charge in [0, 0.05) is 25.3 Å². The third-order valence-electron chi connectivity index (χ3n) is 3.84. The van der Waals surface area contributed by atoms with Crippen LogP contribution in [0.15, 0.2) is 24.3 Å². The highest BCUT2D eigenvalue weighted by molar-refractivity contribution is 5.73. The van der Waals surface area contributed by atoms with Crippen LogP contribution in [0.25, 0.3) is 0 Å². The first kappa shape index (κ1) is 15.8. The quantitative estimate of drug-likeness (QED) is 0.780. The van der Waals surface area contributed by atoms with E-state index < -0.39 is 0 Å². The van der Waals surface area contributed by atoms with Gasteiger partial charge in [0.15, 0.2) is 0 Å². The summed E-state index contributed by atoms with van der Waals surface area (Å²) in [5, 5.41) is 0. The van der Waals surface area contributed by atoms with Crippen LogP contribution in [0.2, 0.25) is 0 Å². The van der Waals surface area contributed by atoms with Crippen molar-refractivity contribution in [2.75, 3.05) is 38.7 Å². The molecule has 1 saturated heterocycles. The third kappa shape index (κ3) is 4.46. The van der Waals surface area contributed by atoms with Crippen molar-refractivity contribution in [2.24, 2.45) is 5.92 Å². The first-order chi connectivity index (χ1) is 10.1. The molecule has 1 heterocycles. The number of nitrogens with zero attached hydrogens (tertiary/aromatic N) is 2. The molecule has 1 unspecified atom stereocenters. The summed E-state index contributed by atoms with van der Waals surface area (Å²) >= 11 is 0. The molecule has 1 fully saturated rings. The standard InChI is InChI=1S/C17H26N2O2/c1-4-21-17(20)15-6-5-11-19(13-15)16-9-7-14(8-10-16)12-18(2)3/h7-10,15H,4-6,11-13H2,1-3H3. The Hall–Kier alpha value is -1.55. The molecule has 0 N–H and O–H groups in total. The lowest BCUT2D eigenvalue weighted by molar-refractivity contribution is -0.148. The van der Waals surface area contributed by atoms with Crippen LogP contribution >= 0.6 is 0 Å². The number of carbonyl (C=O) groups is 1. The molecule has 4 heteroatoms. The molecule has 0 aliphatic carbocycles. The molecule has 1 atom stereocenters. The second kappa shape index (κ2) is 7.46. The molecule has 0 saturated carbocycles. The molecule has 4 nitrogen and oxygen atoms in total. The average Bonchev–Trinajstić information content (AvgIpc) is 2.48. The highest BCUT2D eigenvalue weighted by atomic mass is 16.5. The molecule has 2 rings (SSSR count). The van der Waals surface area contributed by atoms with Crippen LogP contribution < -0.4 is 4.90 Å².